The molecule has 0 aliphatic rings. The summed E-state index contributed by atoms with van der Waals surface area (Å²) in [5, 5.41) is 7.68. The van der Waals surface area contributed by atoms with E-state index in [-0.39, 0.29) is 16.8 Å². The molecule has 0 saturated carbocycles. The first kappa shape index (κ1) is 32.6. The van der Waals surface area contributed by atoms with E-state index in [9.17, 15) is 4.79 Å². The van der Waals surface area contributed by atoms with Gasteiger partial charge in [-0.1, -0.05) is 84.0 Å². The summed E-state index contributed by atoms with van der Waals surface area (Å²) in [6, 6.07) is 16.6. The van der Waals surface area contributed by atoms with E-state index in [0.717, 1.165) is 47.4 Å². The second-order valence-corrected chi connectivity index (χ2v) is 13.4. The molecule has 2 N–H and O–H groups in total. The maximum atomic E-state index is 12.7. The van der Waals surface area contributed by atoms with Gasteiger partial charge in [-0.15, -0.1) is 11.3 Å². The maximum absolute atomic E-state index is 12.7. The molecule has 0 saturated heterocycles. The van der Waals surface area contributed by atoms with Gasteiger partial charge in [0.05, 0.1) is 13.7 Å². The molecule has 41 heavy (non-hydrogen) atoms. The fraction of sp³-hybridized carbons (Fsp3) is 0.471. The van der Waals surface area contributed by atoms with E-state index >= 15 is 0 Å². The van der Waals surface area contributed by atoms with Gasteiger partial charge in [-0.2, -0.15) is 0 Å². The molecule has 0 amide bonds. The van der Waals surface area contributed by atoms with Gasteiger partial charge in [-0.25, -0.2) is 4.79 Å². The zero-order valence-corrected chi connectivity index (χ0v) is 27.5. The summed E-state index contributed by atoms with van der Waals surface area (Å²) in [5.74, 6) is 0.600. The van der Waals surface area contributed by atoms with Crippen molar-refractivity contribution in [3.8, 4) is 16.9 Å². The van der Waals surface area contributed by atoms with Crippen molar-refractivity contribution in [2.45, 2.75) is 85.0 Å². The molecule has 0 aliphatic carbocycles. The van der Waals surface area contributed by atoms with Crippen LogP contribution in [0.1, 0.15) is 93.6 Å². The molecule has 7 heteroatoms. The first-order valence-electron chi connectivity index (χ1n) is 14.5. The maximum Gasteiger partial charge on any atom is 0.341 e. The van der Waals surface area contributed by atoms with Gasteiger partial charge in [0.15, 0.2) is 5.11 Å². The number of ether oxygens (including phenoxy) is 2. The lowest BCUT2D eigenvalue weighted by atomic mass is 9.76. The molecule has 0 fully saturated rings. The standard InChI is InChI=1S/C34H46N2O3S2/c1-9-33(4,5)25-18-19-27(26(22-25)34(6,7)10-2)39-21-15-14-20-35-32(40)36-30-29(31(37)38-8)28(23(3)41-30)24-16-12-11-13-17-24/h11-13,16-19,22H,9-10,14-15,20-21H2,1-8H3,(H2,35,36,40). The van der Waals surface area contributed by atoms with Gasteiger partial charge in [-0.3, -0.25) is 0 Å². The summed E-state index contributed by atoms with van der Waals surface area (Å²) < 4.78 is 11.4. The number of benzene rings is 2. The first-order valence-corrected chi connectivity index (χ1v) is 15.8. The lowest BCUT2D eigenvalue weighted by molar-refractivity contribution is 0.0603. The number of methoxy groups -OCH3 is 1. The number of thiophene rings is 1. The number of carbonyl (C=O) groups excluding carboxylic acids is 1. The van der Waals surface area contributed by atoms with Crippen molar-refractivity contribution in [2.24, 2.45) is 0 Å². The van der Waals surface area contributed by atoms with E-state index in [1.54, 1.807) is 0 Å². The van der Waals surface area contributed by atoms with Crippen LogP contribution in [0.5, 0.6) is 5.75 Å². The molecule has 0 spiro atoms. The molecule has 1 heterocycles. The third-order valence-corrected chi connectivity index (χ3v) is 9.40. The largest absolute Gasteiger partial charge is 0.493 e. The summed E-state index contributed by atoms with van der Waals surface area (Å²) >= 11 is 7.07. The normalized spacial score (nSPS) is 11.7. The van der Waals surface area contributed by atoms with Gasteiger partial charge in [-0.05, 0) is 72.8 Å². The van der Waals surface area contributed by atoms with Crippen LogP contribution in [0, 0.1) is 6.92 Å². The Morgan fingerprint density at radius 2 is 1.66 bits per heavy atom. The SMILES string of the molecule is CCC(C)(C)c1ccc(OCCCCNC(=S)Nc2sc(C)c(-c3ccccc3)c2C(=O)OC)c(C(C)(C)CC)c1. The summed E-state index contributed by atoms with van der Waals surface area (Å²) in [4.78, 5) is 13.8. The molecule has 3 rings (SSSR count). The number of thiocarbonyl (C=S) groups is 1. The summed E-state index contributed by atoms with van der Waals surface area (Å²) in [5.41, 5.74) is 5.18. The van der Waals surface area contributed by atoms with Crippen LogP contribution in [-0.2, 0) is 15.6 Å². The molecule has 0 aliphatic heterocycles. The number of hydrogen-bond acceptors (Lipinski definition) is 5. The third-order valence-electron chi connectivity index (χ3n) is 8.14. The predicted octanol–water partition coefficient (Wildman–Crippen LogP) is 9.03. The summed E-state index contributed by atoms with van der Waals surface area (Å²) in [7, 11) is 1.40. The highest BCUT2D eigenvalue weighted by Gasteiger charge is 2.27. The van der Waals surface area contributed by atoms with Gasteiger partial charge < -0.3 is 20.1 Å². The van der Waals surface area contributed by atoms with Crippen molar-refractivity contribution < 1.29 is 14.3 Å². The molecule has 0 unspecified atom stereocenters. The van der Waals surface area contributed by atoms with Crippen LogP contribution in [0.2, 0.25) is 0 Å². The van der Waals surface area contributed by atoms with E-state index in [0.29, 0.717) is 28.8 Å². The highest BCUT2D eigenvalue weighted by molar-refractivity contribution is 7.80. The van der Waals surface area contributed by atoms with E-state index in [1.165, 1.54) is 29.6 Å². The molecule has 3 aromatic rings. The molecule has 1 aromatic heterocycles. The number of carbonyl (C=O) groups is 1. The van der Waals surface area contributed by atoms with E-state index in [1.807, 2.05) is 37.3 Å². The smallest absolute Gasteiger partial charge is 0.341 e. The van der Waals surface area contributed by atoms with Crippen LogP contribution >= 0.6 is 23.6 Å². The zero-order valence-electron chi connectivity index (χ0n) is 25.9. The Hall–Kier alpha value is -2.90. The van der Waals surface area contributed by atoms with Crippen LogP contribution in [0.3, 0.4) is 0 Å². The highest BCUT2D eigenvalue weighted by Crippen LogP contribution is 2.41. The minimum Gasteiger partial charge on any atom is -0.493 e. The van der Waals surface area contributed by atoms with Crippen LogP contribution in [0.4, 0.5) is 5.00 Å². The minimum absolute atomic E-state index is 0.0398. The van der Waals surface area contributed by atoms with Crippen molar-refractivity contribution in [3.63, 3.8) is 0 Å². The monoisotopic (exact) mass is 594 g/mol. The van der Waals surface area contributed by atoms with Gasteiger partial charge in [0.25, 0.3) is 0 Å². The van der Waals surface area contributed by atoms with Gasteiger partial charge in [0.2, 0.25) is 0 Å². The molecule has 0 atom stereocenters. The predicted molar refractivity (Wildman–Crippen MR) is 178 cm³/mol. The zero-order chi connectivity index (χ0) is 30.2. The molecular weight excluding hydrogens is 549 g/mol. The number of hydrogen-bond donors (Lipinski definition) is 2. The van der Waals surface area contributed by atoms with E-state index < -0.39 is 0 Å². The van der Waals surface area contributed by atoms with Crippen molar-refractivity contribution in [1.82, 2.24) is 5.32 Å². The second-order valence-electron chi connectivity index (χ2n) is 11.7. The number of anilines is 1. The van der Waals surface area contributed by atoms with Crippen molar-refractivity contribution in [2.75, 3.05) is 25.6 Å². The van der Waals surface area contributed by atoms with Gasteiger partial charge in [0, 0.05) is 22.5 Å². The molecule has 2 aromatic carbocycles. The fourth-order valence-electron chi connectivity index (χ4n) is 4.64. The average Bonchev–Trinajstić information content (AvgIpc) is 3.29. The quantitative estimate of drug-likeness (QED) is 0.117. The number of unbranched alkanes of at least 4 members (excludes halogenated alkanes) is 1. The summed E-state index contributed by atoms with van der Waals surface area (Å²) in [6.07, 6.45) is 3.93. The highest BCUT2D eigenvalue weighted by atomic mass is 32.1. The minimum atomic E-state index is -0.382. The topological polar surface area (TPSA) is 59.6 Å². The van der Waals surface area contributed by atoms with Crippen molar-refractivity contribution in [1.29, 1.82) is 0 Å². The fourth-order valence-corrected chi connectivity index (χ4v) is 5.98. The number of rotatable bonds is 13. The Labute approximate surface area is 256 Å². The van der Waals surface area contributed by atoms with Gasteiger partial charge in [0.1, 0.15) is 16.3 Å². The first-order chi connectivity index (χ1) is 19.4. The molecule has 5 nitrogen and oxygen atoms in total. The van der Waals surface area contributed by atoms with Crippen LogP contribution in [0.25, 0.3) is 11.1 Å². The summed E-state index contributed by atoms with van der Waals surface area (Å²) in [6.45, 7) is 17.0. The molecule has 222 valence electrons. The van der Waals surface area contributed by atoms with Gasteiger partial charge >= 0.3 is 5.97 Å². The Morgan fingerprint density at radius 1 is 0.976 bits per heavy atom. The Kier molecular flexibility index (Phi) is 11.4. The second kappa shape index (κ2) is 14.3. The number of esters is 1. The lowest BCUT2D eigenvalue weighted by Gasteiger charge is -2.30. The Balaban J connectivity index is 1.57. The Morgan fingerprint density at radius 3 is 2.29 bits per heavy atom. The van der Waals surface area contributed by atoms with Crippen LogP contribution in [0.15, 0.2) is 48.5 Å². The Bertz CT molecular complexity index is 1330. The van der Waals surface area contributed by atoms with Crippen LogP contribution in [-0.4, -0.2) is 31.3 Å². The van der Waals surface area contributed by atoms with Crippen molar-refractivity contribution >= 4 is 39.6 Å². The van der Waals surface area contributed by atoms with Crippen LogP contribution < -0.4 is 15.4 Å². The van der Waals surface area contributed by atoms with E-state index in [4.69, 9.17) is 21.7 Å². The average molecular weight is 595 g/mol. The van der Waals surface area contributed by atoms with E-state index in [2.05, 4.69) is 70.4 Å². The molecule has 0 bridgehead atoms. The molecular formula is C34H46N2O3S2. The molecule has 0 radical (unpaired) electrons. The third kappa shape index (κ3) is 8.10. The van der Waals surface area contributed by atoms with Crippen molar-refractivity contribution in [3.05, 3.63) is 70.1 Å². The number of aryl methyl sites for hydroxylation is 1. The lowest BCUT2D eigenvalue weighted by Crippen LogP contribution is -2.29. The number of nitrogens with one attached hydrogen (secondary N) is 2.